The Morgan fingerprint density at radius 2 is 0.972 bits per heavy atom. The van der Waals surface area contributed by atoms with Gasteiger partial charge in [-0.05, 0) is 55.9 Å². The number of hydrogen-bond acceptors (Lipinski definition) is 14. The summed E-state index contributed by atoms with van der Waals surface area (Å²) in [5.41, 5.74) is 11.8. The van der Waals surface area contributed by atoms with Crippen LogP contribution < -0.4 is 54.0 Å². The van der Waals surface area contributed by atoms with Crippen molar-refractivity contribution in [1.82, 2.24) is 42.5 Å². The van der Waals surface area contributed by atoms with Gasteiger partial charge in [0.15, 0.2) is 0 Å². The molecule has 0 spiro atoms. The summed E-state index contributed by atoms with van der Waals surface area (Å²) >= 11 is 0. The lowest BCUT2D eigenvalue weighted by molar-refractivity contribution is -0.144. The van der Waals surface area contributed by atoms with Gasteiger partial charge in [-0.1, -0.05) is 71.9 Å². The number of hydrogen-bond donors (Lipinski definition) is 14. The van der Waals surface area contributed by atoms with Crippen molar-refractivity contribution < 1.29 is 78.0 Å². The van der Waals surface area contributed by atoms with Gasteiger partial charge >= 0.3 is 17.9 Å². The molecule has 9 atom stereocenters. The lowest BCUT2D eigenvalue weighted by Crippen LogP contribution is -2.61. The van der Waals surface area contributed by atoms with Crippen LogP contribution in [0.15, 0.2) is 30.3 Å². The Balaban J connectivity index is 3.32. The number of nitrogens with one attached hydrogen (secondary N) is 8. The molecular weight excluding hydrogens is 949 g/mol. The molecule has 1 aromatic rings. The first-order chi connectivity index (χ1) is 33.5. The molecule has 72 heavy (non-hydrogen) atoms. The van der Waals surface area contributed by atoms with E-state index in [0.717, 1.165) is 6.92 Å². The minimum Gasteiger partial charge on any atom is -0.481 e. The second-order valence-corrected chi connectivity index (χ2v) is 18.3. The zero-order valence-electron chi connectivity index (χ0n) is 41.5. The largest absolute Gasteiger partial charge is 0.481 e. The van der Waals surface area contributed by atoms with E-state index in [1.807, 2.05) is 0 Å². The van der Waals surface area contributed by atoms with Crippen LogP contribution in [0.25, 0.3) is 0 Å². The van der Waals surface area contributed by atoms with Crippen molar-refractivity contribution >= 4 is 71.1 Å². The number of amides is 9. The van der Waals surface area contributed by atoms with E-state index in [2.05, 4.69) is 42.5 Å². The topological polar surface area (TPSA) is 434 Å². The third kappa shape index (κ3) is 23.6. The number of nitrogens with two attached hydrogens (primary N) is 2. The number of aliphatic hydroxyl groups is 1. The Kier molecular flexibility index (Phi) is 27.2. The molecule has 16 N–H and O–H groups in total. The minimum absolute atomic E-state index is 0.0790. The molecule has 0 aliphatic heterocycles. The molecule has 0 fully saturated rings. The van der Waals surface area contributed by atoms with Crippen molar-refractivity contribution in [2.24, 2.45) is 29.2 Å². The smallest absolute Gasteiger partial charge is 0.326 e. The first-order valence-electron chi connectivity index (χ1n) is 23.4. The molecule has 0 aliphatic rings. The molecule has 0 aliphatic carbocycles. The molecule has 0 saturated carbocycles. The van der Waals surface area contributed by atoms with Crippen LogP contribution in [0.3, 0.4) is 0 Å². The van der Waals surface area contributed by atoms with E-state index < -0.39 is 170 Å². The Morgan fingerprint density at radius 3 is 1.49 bits per heavy atom. The van der Waals surface area contributed by atoms with E-state index in [4.69, 9.17) is 16.6 Å². The summed E-state index contributed by atoms with van der Waals surface area (Å²) < 4.78 is 0. The van der Waals surface area contributed by atoms with Crippen LogP contribution in [-0.2, 0) is 64.0 Å². The average Bonchev–Trinajstić information content (AvgIpc) is 3.28. The maximum absolute atomic E-state index is 14.0. The number of aliphatic carboxylic acids is 3. The van der Waals surface area contributed by atoms with Crippen molar-refractivity contribution in [3.05, 3.63) is 35.9 Å². The number of benzene rings is 1. The molecular formula is C46H72N10O16. The molecule has 0 heterocycles. The zero-order chi connectivity index (χ0) is 55.0. The fourth-order valence-corrected chi connectivity index (χ4v) is 6.81. The van der Waals surface area contributed by atoms with Crippen LogP contribution in [0.4, 0.5) is 0 Å². The average molecular weight is 1020 g/mol. The van der Waals surface area contributed by atoms with E-state index in [1.54, 1.807) is 44.2 Å². The van der Waals surface area contributed by atoms with Crippen LogP contribution >= 0.6 is 0 Å². The number of aliphatic hydroxyl groups excluding tert-OH is 1. The summed E-state index contributed by atoms with van der Waals surface area (Å²) in [6, 6.07) is -3.33. The third-order valence-electron chi connectivity index (χ3n) is 10.8. The molecule has 0 saturated heterocycles. The Morgan fingerprint density at radius 1 is 0.514 bits per heavy atom. The van der Waals surface area contributed by atoms with Crippen LogP contribution in [0.5, 0.6) is 0 Å². The fourth-order valence-electron chi connectivity index (χ4n) is 6.81. The first kappa shape index (κ1) is 62.8. The molecule has 0 aromatic heterocycles. The summed E-state index contributed by atoms with van der Waals surface area (Å²) in [4.78, 5) is 154. The molecule has 402 valence electrons. The van der Waals surface area contributed by atoms with Gasteiger partial charge in [0, 0.05) is 25.7 Å². The van der Waals surface area contributed by atoms with Gasteiger partial charge in [0.05, 0.1) is 18.7 Å². The van der Waals surface area contributed by atoms with Crippen LogP contribution in [0, 0.1) is 17.8 Å². The normalized spacial score (nSPS) is 14.9. The van der Waals surface area contributed by atoms with Crippen molar-refractivity contribution in [3.8, 4) is 0 Å². The highest BCUT2D eigenvalue weighted by Gasteiger charge is 2.36. The van der Waals surface area contributed by atoms with Gasteiger partial charge < -0.3 is 74.4 Å². The Labute approximate surface area is 416 Å². The number of carboxylic acids is 3. The van der Waals surface area contributed by atoms with Gasteiger partial charge in [-0.15, -0.1) is 0 Å². The molecule has 0 unspecified atom stereocenters. The number of rotatable bonds is 33. The third-order valence-corrected chi connectivity index (χ3v) is 10.8. The molecule has 1 aromatic carbocycles. The highest BCUT2D eigenvalue weighted by atomic mass is 16.4. The fraction of sp³-hybridized carbons (Fsp3) is 0.609. The standard InChI is InChI=1S/C46H72N10O16/c1-22(2)19-30(52-39(64)27(47)13-17-34(60)61)42(67)53-31(20-26-11-9-8-10-12-26)43(68)50-28(14-16-32(48)58)40(65)49-21-33(59)54-36(23(3)4)44(69)51-29(15-18-35(62)63)41(66)56-38(25(7)57)45(70)55-37(24(5)6)46(71)72/h8-12,22-25,27-31,36-38,57H,13-21,47H2,1-7H3,(H2,48,58)(H,49,65)(H,50,68)(H,51,69)(H,52,64)(H,53,67)(H,54,59)(H,55,70)(H,56,66)(H,60,61)(H,62,63)(H,71,72)/t25-,27+,28+,29+,30+,31+,36+,37+,38+/m1/s1. The monoisotopic (exact) mass is 1020 g/mol. The maximum atomic E-state index is 14.0. The first-order valence-corrected chi connectivity index (χ1v) is 23.4. The summed E-state index contributed by atoms with van der Waals surface area (Å²) in [7, 11) is 0. The van der Waals surface area contributed by atoms with Crippen LogP contribution in [0.2, 0.25) is 0 Å². The molecule has 0 radical (unpaired) electrons. The predicted octanol–water partition coefficient (Wildman–Crippen LogP) is -3.12. The molecule has 1 rings (SSSR count). The SMILES string of the molecule is CC(C)C[C@H](NC(=O)[C@@H](N)CCC(=O)O)C(=O)N[C@@H](Cc1ccccc1)C(=O)N[C@@H](CCC(N)=O)C(=O)NCC(=O)N[C@H](C(=O)N[C@@H](CCC(=O)O)C(=O)N[C@H](C(=O)N[C@H](C(=O)O)C(C)C)[C@@H](C)O)C(C)C. The lowest BCUT2D eigenvalue weighted by atomic mass is 10.00. The molecule has 9 amide bonds. The summed E-state index contributed by atoms with van der Waals surface area (Å²) in [5.74, 6) is -14.0. The number of carboxylic acid groups (broad SMARTS) is 3. The maximum Gasteiger partial charge on any atom is 0.326 e. The van der Waals surface area contributed by atoms with Crippen molar-refractivity contribution in [2.75, 3.05) is 6.54 Å². The van der Waals surface area contributed by atoms with Crippen LogP contribution in [-0.4, -0.2) is 152 Å². The second kappa shape index (κ2) is 31.2. The summed E-state index contributed by atoms with van der Waals surface area (Å²) in [6.45, 7) is 9.87. The quantitative estimate of drug-likeness (QED) is 0.0331. The van der Waals surface area contributed by atoms with Gasteiger partial charge in [-0.3, -0.25) is 52.7 Å². The van der Waals surface area contributed by atoms with Gasteiger partial charge in [-0.25, -0.2) is 4.79 Å². The van der Waals surface area contributed by atoms with Crippen molar-refractivity contribution in [2.45, 2.75) is 154 Å². The highest BCUT2D eigenvalue weighted by molar-refractivity contribution is 5.98. The van der Waals surface area contributed by atoms with Crippen molar-refractivity contribution in [1.29, 1.82) is 0 Å². The van der Waals surface area contributed by atoms with E-state index in [0.29, 0.717) is 5.56 Å². The van der Waals surface area contributed by atoms with Crippen LogP contribution in [0.1, 0.15) is 99.0 Å². The van der Waals surface area contributed by atoms with E-state index >= 15 is 0 Å². The van der Waals surface area contributed by atoms with Crippen molar-refractivity contribution in [3.63, 3.8) is 0 Å². The zero-order valence-corrected chi connectivity index (χ0v) is 41.5. The minimum atomic E-state index is -1.75. The molecule has 26 nitrogen and oxygen atoms in total. The molecule has 26 heteroatoms. The predicted molar refractivity (Wildman–Crippen MR) is 255 cm³/mol. The Bertz CT molecular complexity index is 2070. The number of primary amides is 1. The van der Waals surface area contributed by atoms with E-state index in [-0.39, 0.29) is 31.6 Å². The number of carbonyl (C=O) groups is 12. The van der Waals surface area contributed by atoms with Gasteiger partial charge in [0.1, 0.15) is 42.3 Å². The van der Waals surface area contributed by atoms with Gasteiger partial charge in [0.25, 0.3) is 0 Å². The van der Waals surface area contributed by atoms with Gasteiger partial charge in [0.2, 0.25) is 53.2 Å². The Hall–Kier alpha value is -7.22. The number of carbonyl (C=O) groups excluding carboxylic acids is 9. The highest BCUT2D eigenvalue weighted by Crippen LogP contribution is 2.12. The van der Waals surface area contributed by atoms with E-state index in [9.17, 15) is 72.9 Å². The lowest BCUT2D eigenvalue weighted by Gasteiger charge is -2.28. The van der Waals surface area contributed by atoms with Gasteiger partial charge in [-0.2, -0.15) is 0 Å². The second-order valence-electron chi connectivity index (χ2n) is 18.3. The summed E-state index contributed by atoms with van der Waals surface area (Å²) in [6.07, 6.45) is -4.28. The summed E-state index contributed by atoms with van der Waals surface area (Å²) in [5, 5.41) is 57.3. The van der Waals surface area contributed by atoms with E-state index in [1.165, 1.54) is 27.7 Å². The molecule has 0 bridgehead atoms.